The quantitative estimate of drug-likeness (QED) is 0.711. The summed E-state index contributed by atoms with van der Waals surface area (Å²) in [6, 6.07) is 0. The SMILES string of the molecule is CCCC1CCCC(N)(C2CCCC2)CC1. The van der Waals surface area contributed by atoms with E-state index in [1.165, 1.54) is 70.6 Å². The summed E-state index contributed by atoms with van der Waals surface area (Å²) in [4.78, 5) is 0. The molecule has 0 heterocycles. The van der Waals surface area contributed by atoms with Crippen LogP contribution >= 0.6 is 0 Å². The van der Waals surface area contributed by atoms with Crippen molar-refractivity contribution in [1.82, 2.24) is 0 Å². The first kappa shape index (κ1) is 12.4. The molecule has 2 N–H and O–H groups in total. The van der Waals surface area contributed by atoms with Crippen LogP contribution in [0.2, 0.25) is 0 Å². The minimum absolute atomic E-state index is 0.221. The van der Waals surface area contributed by atoms with Gasteiger partial charge >= 0.3 is 0 Å². The van der Waals surface area contributed by atoms with Gasteiger partial charge in [-0.3, -0.25) is 0 Å². The zero-order chi connectivity index (χ0) is 11.4. The van der Waals surface area contributed by atoms with Gasteiger partial charge in [-0.2, -0.15) is 0 Å². The molecule has 2 saturated carbocycles. The molecule has 0 aromatic heterocycles. The average Bonchev–Trinajstić information content (AvgIpc) is 2.74. The van der Waals surface area contributed by atoms with Crippen LogP contribution in [-0.2, 0) is 0 Å². The van der Waals surface area contributed by atoms with Crippen LogP contribution in [0.3, 0.4) is 0 Å². The molecule has 0 amide bonds. The fraction of sp³-hybridized carbons (Fsp3) is 1.00. The molecule has 94 valence electrons. The van der Waals surface area contributed by atoms with Crippen LogP contribution < -0.4 is 5.73 Å². The van der Waals surface area contributed by atoms with Crippen LogP contribution in [0.1, 0.15) is 77.6 Å². The summed E-state index contributed by atoms with van der Waals surface area (Å²) >= 11 is 0. The average molecular weight is 223 g/mol. The Balaban J connectivity index is 1.90. The Labute approximate surface area is 101 Å². The van der Waals surface area contributed by atoms with Crippen LogP contribution in [0, 0.1) is 11.8 Å². The molecule has 0 aliphatic heterocycles. The van der Waals surface area contributed by atoms with E-state index in [0.717, 1.165) is 11.8 Å². The summed E-state index contributed by atoms with van der Waals surface area (Å²) in [7, 11) is 0. The summed E-state index contributed by atoms with van der Waals surface area (Å²) in [6.45, 7) is 2.32. The molecule has 2 aliphatic carbocycles. The third-order valence-corrected chi connectivity index (χ3v) is 5.14. The summed E-state index contributed by atoms with van der Waals surface area (Å²) in [5.74, 6) is 1.84. The second-order valence-electron chi connectivity index (χ2n) is 6.30. The maximum absolute atomic E-state index is 6.72. The molecule has 0 radical (unpaired) electrons. The van der Waals surface area contributed by atoms with E-state index >= 15 is 0 Å². The van der Waals surface area contributed by atoms with Gasteiger partial charge in [0.15, 0.2) is 0 Å². The van der Waals surface area contributed by atoms with E-state index in [1.54, 1.807) is 0 Å². The van der Waals surface area contributed by atoms with Crippen molar-refractivity contribution in [3.05, 3.63) is 0 Å². The van der Waals surface area contributed by atoms with Crippen LogP contribution in [-0.4, -0.2) is 5.54 Å². The highest BCUT2D eigenvalue weighted by atomic mass is 14.8. The molecular formula is C15H29N. The van der Waals surface area contributed by atoms with Gasteiger partial charge in [-0.15, -0.1) is 0 Å². The minimum Gasteiger partial charge on any atom is -0.325 e. The summed E-state index contributed by atoms with van der Waals surface area (Å²) in [5.41, 5.74) is 6.94. The van der Waals surface area contributed by atoms with Crippen molar-refractivity contribution in [3.63, 3.8) is 0 Å². The molecule has 16 heavy (non-hydrogen) atoms. The van der Waals surface area contributed by atoms with Gasteiger partial charge in [-0.1, -0.05) is 45.4 Å². The van der Waals surface area contributed by atoms with Crippen LogP contribution in [0.25, 0.3) is 0 Å². The first-order valence-corrected chi connectivity index (χ1v) is 7.53. The predicted molar refractivity (Wildman–Crippen MR) is 70.4 cm³/mol. The first-order chi connectivity index (χ1) is 7.74. The summed E-state index contributed by atoms with van der Waals surface area (Å²) in [5, 5.41) is 0. The van der Waals surface area contributed by atoms with Gasteiger partial charge < -0.3 is 5.73 Å². The standard InChI is InChI=1S/C15H29N/c1-2-6-13-7-5-11-15(16,12-10-13)14-8-3-4-9-14/h13-14H,2-12,16H2,1H3. The number of hydrogen-bond acceptors (Lipinski definition) is 1. The Morgan fingerprint density at radius 1 is 1.00 bits per heavy atom. The van der Waals surface area contributed by atoms with Crippen molar-refractivity contribution in [3.8, 4) is 0 Å². The predicted octanol–water partition coefficient (Wildman–Crippen LogP) is 4.25. The summed E-state index contributed by atoms with van der Waals surface area (Å²) in [6.07, 6.45) is 15.3. The molecule has 2 atom stereocenters. The van der Waals surface area contributed by atoms with Crippen molar-refractivity contribution >= 4 is 0 Å². The highest BCUT2D eigenvalue weighted by molar-refractivity contribution is 4.95. The van der Waals surface area contributed by atoms with E-state index in [1.807, 2.05) is 0 Å². The number of nitrogens with two attached hydrogens (primary N) is 1. The number of rotatable bonds is 3. The normalized spacial score (nSPS) is 37.5. The van der Waals surface area contributed by atoms with Gasteiger partial charge in [-0.05, 0) is 43.9 Å². The molecule has 2 unspecified atom stereocenters. The van der Waals surface area contributed by atoms with E-state index in [-0.39, 0.29) is 5.54 Å². The van der Waals surface area contributed by atoms with Crippen molar-refractivity contribution in [2.75, 3.05) is 0 Å². The van der Waals surface area contributed by atoms with E-state index < -0.39 is 0 Å². The molecule has 2 aliphatic rings. The van der Waals surface area contributed by atoms with E-state index in [0.29, 0.717) is 0 Å². The Hall–Kier alpha value is -0.0400. The van der Waals surface area contributed by atoms with E-state index in [9.17, 15) is 0 Å². The van der Waals surface area contributed by atoms with Gasteiger partial charge in [0.2, 0.25) is 0 Å². The molecule has 0 aromatic carbocycles. The fourth-order valence-electron chi connectivity index (χ4n) is 4.07. The Morgan fingerprint density at radius 2 is 1.75 bits per heavy atom. The van der Waals surface area contributed by atoms with Crippen LogP contribution in [0.4, 0.5) is 0 Å². The largest absolute Gasteiger partial charge is 0.325 e. The second kappa shape index (κ2) is 5.53. The van der Waals surface area contributed by atoms with Crippen molar-refractivity contribution in [1.29, 1.82) is 0 Å². The van der Waals surface area contributed by atoms with Gasteiger partial charge in [0.25, 0.3) is 0 Å². The maximum Gasteiger partial charge on any atom is 0.0182 e. The molecule has 1 nitrogen and oxygen atoms in total. The van der Waals surface area contributed by atoms with Gasteiger partial charge in [0.1, 0.15) is 0 Å². The van der Waals surface area contributed by atoms with Crippen molar-refractivity contribution in [2.24, 2.45) is 17.6 Å². The Morgan fingerprint density at radius 3 is 2.44 bits per heavy atom. The molecule has 2 rings (SSSR count). The number of hydrogen-bond donors (Lipinski definition) is 1. The van der Waals surface area contributed by atoms with E-state index in [4.69, 9.17) is 5.73 Å². The highest BCUT2D eigenvalue weighted by Gasteiger charge is 2.37. The van der Waals surface area contributed by atoms with Gasteiger partial charge in [0.05, 0.1) is 0 Å². The third-order valence-electron chi connectivity index (χ3n) is 5.14. The monoisotopic (exact) mass is 223 g/mol. The molecular weight excluding hydrogens is 194 g/mol. The zero-order valence-electron chi connectivity index (χ0n) is 11.0. The van der Waals surface area contributed by atoms with Crippen LogP contribution in [0.15, 0.2) is 0 Å². The minimum atomic E-state index is 0.221. The molecule has 2 fully saturated rings. The van der Waals surface area contributed by atoms with Gasteiger partial charge in [-0.25, -0.2) is 0 Å². The lowest BCUT2D eigenvalue weighted by molar-refractivity contribution is 0.238. The van der Waals surface area contributed by atoms with Gasteiger partial charge in [0, 0.05) is 5.54 Å². The lowest BCUT2D eigenvalue weighted by Gasteiger charge is -2.35. The molecule has 0 bridgehead atoms. The fourth-order valence-corrected chi connectivity index (χ4v) is 4.07. The Bertz CT molecular complexity index is 207. The molecule has 0 saturated heterocycles. The summed E-state index contributed by atoms with van der Waals surface area (Å²) < 4.78 is 0. The second-order valence-corrected chi connectivity index (χ2v) is 6.30. The highest BCUT2D eigenvalue weighted by Crippen LogP contribution is 2.41. The third kappa shape index (κ3) is 2.80. The van der Waals surface area contributed by atoms with Crippen molar-refractivity contribution < 1.29 is 0 Å². The molecule has 1 heteroatoms. The lowest BCUT2D eigenvalue weighted by Crippen LogP contribution is -2.45. The first-order valence-electron chi connectivity index (χ1n) is 7.53. The van der Waals surface area contributed by atoms with Crippen molar-refractivity contribution in [2.45, 2.75) is 83.1 Å². The molecule has 0 spiro atoms. The Kier molecular flexibility index (Phi) is 4.29. The topological polar surface area (TPSA) is 26.0 Å². The molecule has 0 aromatic rings. The lowest BCUT2D eigenvalue weighted by atomic mass is 9.77. The smallest absolute Gasteiger partial charge is 0.0182 e. The van der Waals surface area contributed by atoms with Crippen LogP contribution in [0.5, 0.6) is 0 Å². The zero-order valence-corrected chi connectivity index (χ0v) is 11.0. The maximum atomic E-state index is 6.72. The van der Waals surface area contributed by atoms with E-state index in [2.05, 4.69) is 6.92 Å².